The number of halogens is 1. The fourth-order valence-electron chi connectivity index (χ4n) is 3.39. The van der Waals surface area contributed by atoms with Crippen molar-refractivity contribution in [1.82, 2.24) is 25.4 Å². The first kappa shape index (κ1) is 24.5. The second-order valence-corrected chi connectivity index (χ2v) is 9.02. The Morgan fingerprint density at radius 1 is 1.26 bits per heavy atom. The van der Waals surface area contributed by atoms with Crippen molar-refractivity contribution in [3.63, 3.8) is 0 Å². The normalized spacial score (nSPS) is 14.0. The van der Waals surface area contributed by atoms with Gasteiger partial charge in [-0.3, -0.25) is 19.3 Å². The maximum atomic E-state index is 12.5. The van der Waals surface area contributed by atoms with Gasteiger partial charge in [0.15, 0.2) is 0 Å². The van der Waals surface area contributed by atoms with Gasteiger partial charge < -0.3 is 15.4 Å². The summed E-state index contributed by atoms with van der Waals surface area (Å²) in [4.78, 5) is 28.2. The Kier molecular flexibility index (Phi) is 7.82. The molecule has 9 heteroatoms. The van der Waals surface area contributed by atoms with Crippen LogP contribution in [0.3, 0.4) is 0 Å². The zero-order valence-electron chi connectivity index (χ0n) is 19.7. The summed E-state index contributed by atoms with van der Waals surface area (Å²) in [7, 11) is 1.52. The first-order valence-electron chi connectivity index (χ1n) is 11.5. The third-order valence-corrected chi connectivity index (χ3v) is 5.96. The number of amides is 2. The number of carbonyl (C=O) groups is 2. The highest BCUT2D eigenvalue weighted by Crippen LogP contribution is 2.30. The molecule has 2 N–H and O–H groups in total. The number of hydrogen-bond acceptors (Lipinski definition) is 5. The third kappa shape index (κ3) is 6.93. The Bertz CT molecular complexity index is 1240. The molecule has 1 saturated carbocycles. The highest BCUT2D eigenvalue weighted by Gasteiger charge is 2.22. The van der Waals surface area contributed by atoms with Crippen LogP contribution in [0.5, 0.6) is 5.75 Å². The van der Waals surface area contributed by atoms with E-state index in [1.54, 1.807) is 12.3 Å². The van der Waals surface area contributed by atoms with Crippen LogP contribution in [-0.2, 0) is 6.54 Å². The van der Waals surface area contributed by atoms with Gasteiger partial charge in [0, 0.05) is 41.6 Å². The summed E-state index contributed by atoms with van der Waals surface area (Å²) in [6.45, 7) is 3.16. The molecule has 8 nitrogen and oxygen atoms in total. The van der Waals surface area contributed by atoms with Crippen molar-refractivity contribution in [1.29, 1.82) is 0 Å². The van der Waals surface area contributed by atoms with Gasteiger partial charge in [0.05, 0.1) is 19.3 Å². The molecule has 182 valence electrons. The fraction of sp³-hybridized carbons (Fsp3) is 0.308. The van der Waals surface area contributed by atoms with Crippen LogP contribution in [-0.4, -0.2) is 46.3 Å². The van der Waals surface area contributed by atoms with E-state index in [0.29, 0.717) is 23.0 Å². The summed E-state index contributed by atoms with van der Waals surface area (Å²) in [5.74, 6) is 0.855. The molecule has 2 heterocycles. The first-order chi connectivity index (χ1) is 16.9. The lowest BCUT2D eigenvalue weighted by Crippen LogP contribution is -2.31. The average Bonchev–Trinajstić information content (AvgIpc) is 3.59. The number of ether oxygens (including phenoxy) is 1. The Labute approximate surface area is 209 Å². The van der Waals surface area contributed by atoms with E-state index in [0.717, 1.165) is 23.5 Å². The number of pyridine rings is 1. The van der Waals surface area contributed by atoms with Crippen LogP contribution < -0.4 is 15.4 Å². The molecule has 4 rings (SSSR count). The number of benzene rings is 1. The highest BCUT2D eigenvalue weighted by atomic mass is 35.5. The largest absolute Gasteiger partial charge is 0.493 e. The molecule has 2 aromatic heterocycles. The van der Waals surface area contributed by atoms with E-state index in [9.17, 15) is 9.59 Å². The molecule has 0 unspecified atom stereocenters. The number of nitrogens with zero attached hydrogens (tertiary/aromatic N) is 3. The molecule has 2 amide bonds. The predicted molar refractivity (Wildman–Crippen MR) is 135 cm³/mol. The SMILES string of the molecule is CNC(=O)c1cc(C(=O)N[C@@H](C)C=Cc2cnn(Cc3ccc(OCC4CC4)cc3Cl)c2)ccn1. The molecule has 1 aromatic carbocycles. The number of rotatable bonds is 10. The molecule has 1 fully saturated rings. The second-order valence-electron chi connectivity index (χ2n) is 8.61. The summed E-state index contributed by atoms with van der Waals surface area (Å²) in [5, 5.41) is 10.4. The van der Waals surface area contributed by atoms with Gasteiger partial charge in [-0.15, -0.1) is 0 Å². The molecule has 1 aliphatic rings. The average molecular weight is 494 g/mol. The van der Waals surface area contributed by atoms with Crippen LogP contribution in [0.15, 0.2) is 55.0 Å². The summed E-state index contributed by atoms with van der Waals surface area (Å²) < 4.78 is 7.60. The Balaban J connectivity index is 1.31. The Hall–Kier alpha value is -3.65. The molecule has 0 aliphatic heterocycles. The van der Waals surface area contributed by atoms with Gasteiger partial charge >= 0.3 is 0 Å². The first-order valence-corrected chi connectivity index (χ1v) is 11.9. The van der Waals surface area contributed by atoms with Crippen LogP contribution in [0.25, 0.3) is 6.08 Å². The lowest BCUT2D eigenvalue weighted by Gasteiger charge is -2.10. The molecule has 0 bridgehead atoms. The number of carbonyl (C=O) groups excluding carboxylic acids is 2. The molecular formula is C26H28ClN5O3. The van der Waals surface area contributed by atoms with Crippen molar-refractivity contribution < 1.29 is 14.3 Å². The lowest BCUT2D eigenvalue weighted by molar-refractivity contribution is 0.0947. The van der Waals surface area contributed by atoms with Crippen molar-refractivity contribution in [3.8, 4) is 5.75 Å². The van der Waals surface area contributed by atoms with Crippen LogP contribution in [0.4, 0.5) is 0 Å². The van der Waals surface area contributed by atoms with E-state index in [4.69, 9.17) is 16.3 Å². The van der Waals surface area contributed by atoms with Gasteiger partial charge in [-0.1, -0.05) is 29.8 Å². The van der Waals surface area contributed by atoms with E-state index in [1.807, 2.05) is 48.2 Å². The smallest absolute Gasteiger partial charge is 0.269 e. The second kappa shape index (κ2) is 11.2. The summed E-state index contributed by atoms with van der Waals surface area (Å²) in [6, 6.07) is 8.56. The predicted octanol–water partition coefficient (Wildman–Crippen LogP) is 3.96. The van der Waals surface area contributed by atoms with Gasteiger partial charge in [0.1, 0.15) is 11.4 Å². The molecule has 0 radical (unpaired) electrons. The van der Waals surface area contributed by atoms with E-state index in [2.05, 4.69) is 20.7 Å². The topological polar surface area (TPSA) is 98.1 Å². The van der Waals surface area contributed by atoms with Crippen molar-refractivity contribution in [2.24, 2.45) is 5.92 Å². The van der Waals surface area contributed by atoms with Crippen molar-refractivity contribution in [3.05, 3.63) is 82.4 Å². The van der Waals surface area contributed by atoms with Gasteiger partial charge in [-0.25, -0.2) is 0 Å². The standard InChI is InChI=1S/C26H28ClN5O3/c1-17(31-25(33)20-9-10-29-24(11-20)26(34)28-2)3-4-19-13-30-32(14-19)15-21-7-8-22(12-23(21)27)35-16-18-5-6-18/h3-4,7-14,17-18H,5-6,15-16H2,1-2H3,(H,28,34)(H,31,33)/t17-/m0/s1. The zero-order valence-corrected chi connectivity index (χ0v) is 20.5. The van der Waals surface area contributed by atoms with Crippen LogP contribution in [0.2, 0.25) is 5.02 Å². The minimum absolute atomic E-state index is 0.191. The molecular weight excluding hydrogens is 466 g/mol. The van der Waals surface area contributed by atoms with E-state index in [1.165, 1.54) is 32.2 Å². The quantitative estimate of drug-likeness (QED) is 0.445. The lowest BCUT2D eigenvalue weighted by atomic mass is 10.2. The minimum atomic E-state index is -0.344. The zero-order chi connectivity index (χ0) is 24.8. The van der Waals surface area contributed by atoms with E-state index >= 15 is 0 Å². The molecule has 1 aliphatic carbocycles. The Morgan fingerprint density at radius 3 is 2.83 bits per heavy atom. The van der Waals surface area contributed by atoms with E-state index in [-0.39, 0.29) is 23.6 Å². The molecule has 3 aromatic rings. The van der Waals surface area contributed by atoms with Gasteiger partial charge in [-0.2, -0.15) is 5.10 Å². The monoisotopic (exact) mass is 493 g/mol. The van der Waals surface area contributed by atoms with E-state index < -0.39 is 0 Å². The maximum Gasteiger partial charge on any atom is 0.269 e. The van der Waals surface area contributed by atoms with Gasteiger partial charge in [0.2, 0.25) is 0 Å². The molecule has 0 saturated heterocycles. The minimum Gasteiger partial charge on any atom is -0.493 e. The summed E-state index contributed by atoms with van der Waals surface area (Å²) >= 11 is 6.45. The fourth-order valence-corrected chi connectivity index (χ4v) is 3.62. The molecule has 35 heavy (non-hydrogen) atoms. The van der Waals surface area contributed by atoms with Gasteiger partial charge in [0.25, 0.3) is 11.8 Å². The third-order valence-electron chi connectivity index (χ3n) is 5.61. The Morgan fingerprint density at radius 2 is 2.09 bits per heavy atom. The van der Waals surface area contributed by atoms with Crippen molar-refractivity contribution in [2.75, 3.05) is 13.7 Å². The van der Waals surface area contributed by atoms with Crippen molar-refractivity contribution in [2.45, 2.75) is 32.4 Å². The summed E-state index contributed by atoms with van der Waals surface area (Å²) in [5.41, 5.74) is 2.42. The maximum absolute atomic E-state index is 12.5. The van der Waals surface area contributed by atoms with Crippen LogP contribution in [0.1, 0.15) is 51.7 Å². The number of hydrogen-bond donors (Lipinski definition) is 2. The number of nitrogens with one attached hydrogen (secondary N) is 2. The summed E-state index contributed by atoms with van der Waals surface area (Å²) in [6.07, 6.45) is 11.4. The molecule has 0 spiro atoms. The van der Waals surface area contributed by atoms with Crippen molar-refractivity contribution >= 4 is 29.5 Å². The number of aromatic nitrogens is 3. The highest BCUT2D eigenvalue weighted by molar-refractivity contribution is 6.31. The molecule has 1 atom stereocenters. The van der Waals surface area contributed by atoms with Gasteiger partial charge in [-0.05, 0) is 55.5 Å². The van der Waals surface area contributed by atoms with Crippen LogP contribution in [0, 0.1) is 5.92 Å². The van der Waals surface area contributed by atoms with Crippen LogP contribution >= 0.6 is 11.6 Å².